The summed E-state index contributed by atoms with van der Waals surface area (Å²) >= 11 is 0. The third-order valence-electron chi connectivity index (χ3n) is 6.89. The number of carbonyl (C=O) groups excluding carboxylic acids is 1. The Kier molecular flexibility index (Phi) is 24.9. The Bertz CT molecular complexity index is 544. The van der Waals surface area contributed by atoms with Crippen molar-refractivity contribution in [2.75, 3.05) is 33.9 Å². The van der Waals surface area contributed by atoms with Gasteiger partial charge in [0.05, 0.1) is 13.2 Å². The predicted molar refractivity (Wildman–Crippen MR) is 152 cm³/mol. The lowest BCUT2D eigenvalue weighted by Crippen LogP contribution is -2.18. The Labute approximate surface area is 223 Å². The number of phosphoric acid groups is 1. The first-order chi connectivity index (χ1) is 17.3. The summed E-state index contributed by atoms with van der Waals surface area (Å²) in [5.74, 6) is 0.156. The van der Waals surface area contributed by atoms with Crippen molar-refractivity contribution in [3.63, 3.8) is 0 Å². The van der Waals surface area contributed by atoms with Crippen molar-refractivity contribution in [1.29, 1.82) is 0 Å². The van der Waals surface area contributed by atoms with Gasteiger partial charge >= 0.3 is 7.82 Å². The zero-order chi connectivity index (χ0) is 26.9. The number of unbranched alkanes of at least 4 members (excludes halogenated alkanes) is 16. The van der Waals surface area contributed by atoms with Crippen LogP contribution >= 0.6 is 7.82 Å². The van der Waals surface area contributed by atoms with Gasteiger partial charge in [0.25, 0.3) is 0 Å². The number of hydrogen-bond donors (Lipinski definition) is 1. The fraction of sp³-hybridized carbons (Fsp3) is 0.966. The molecule has 36 heavy (non-hydrogen) atoms. The van der Waals surface area contributed by atoms with E-state index in [0.717, 1.165) is 19.3 Å². The van der Waals surface area contributed by atoms with Crippen LogP contribution in [0.3, 0.4) is 0 Å². The lowest BCUT2D eigenvalue weighted by molar-refractivity contribution is -0.120. The van der Waals surface area contributed by atoms with E-state index >= 15 is 0 Å². The van der Waals surface area contributed by atoms with Crippen LogP contribution < -0.4 is 0 Å². The van der Waals surface area contributed by atoms with Gasteiger partial charge in [0.15, 0.2) is 0 Å². The van der Waals surface area contributed by atoms with Crippen LogP contribution in [0.4, 0.5) is 0 Å². The van der Waals surface area contributed by atoms with E-state index in [4.69, 9.17) is 9.05 Å². The van der Waals surface area contributed by atoms with Crippen LogP contribution in [-0.2, 0) is 18.4 Å². The molecule has 0 amide bonds. The largest absolute Gasteiger partial charge is 0.472 e. The zero-order valence-corrected chi connectivity index (χ0v) is 25.2. The summed E-state index contributed by atoms with van der Waals surface area (Å²) < 4.78 is 22.3. The van der Waals surface area contributed by atoms with E-state index in [1.54, 1.807) is 0 Å². The van der Waals surface area contributed by atoms with Gasteiger partial charge in [-0.3, -0.25) is 13.8 Å². The fourth-order valence-corrected chi connectivity index (χ4v) is 5.23. The number of carbonyl (C=O) groups is 1. The molecule has 0 rings (SSSR count). The topological polar surface area (TPSA) is 76.1 Å². The number of hydrogen-bond acceptors (Lipinski definition) is 5. The van der Waals surface area contributed by atoms with Gasteiger partial charge in [0, 0.05) is 19.4 Å². The van der Waals surface area contributed by atoms with Crippen LogP contribution in [0.25, 0.3) is 0 Å². The van der Waals surface area contributed by atoms with E-state index in [0.29, 0.717) is 19.4 Å². The van der Waals surface area contributed by atoms with Gasteiger partial charge < -0.3 is 9.79 Å². The highest BCUT2D eigenvalue weighted by Gasteiger charge is 2.24. The quantitative estimate of drug-likeness (QED) is 0.0800. The highest BCUT2D eigenvalue weighted by atomic mass is 31.2. The van der Waals surface area contributed by atoms with Gasteiger partial charge in [0.2, 0.25) is 0 Å². The van der Waals surface area contributed by atoms with Crippen molar-refractivity contribution in [3.05, 3.63) is 0 Å². The molecule has 0 aliphatic carbocycles. The number of rotatable bonds is 28. The second kappa shape index (κ2) is 25.0. The minimum atomic E-state index is -4.07. The molecule has 2 atom stereocenters. The minimum absolute atomic E-state index is 0.0216. The molecule has 216 valence electrons. The van der Waals surface area contributed by atoms with Crippen molar-refractivity contribution < 1.29 is 23.3 Å². The first-order valence-corrected chi connectivity index (χ1v) is 16.6. The average Bonchev–Trinajstić information content (AvgIpc) is 2.83. The third-order valence-corrected chi connectivity index (χ3v) is 7.88. The Morgan fingerprint density at radius 3 is 1.61 bits per heavy atom. The minimum Gasteiger partial charge on any atom is -0.307 e. The van der Waals surface area contributed by atoms with E-state index in [2.05, 4.69) is 6.92 Å². The average molecular weight is 534 g/mol. The van der Waals surface area contributed by atoms with Gasteiger partial charge in [-0.25, -0.2) is 4.57 Å². The van der Waals surface area contributed by atoms with Crippen molar-refractivity contribution in [2.45, 2.75) is 142 Å². The molecular weight excluding hydrogens is 473 g/mol. The smallest absolute Gasteiger partial charge is 0.307 e. The maximum Gasteiger partial charge on any atom is 0.472 e. The van der Waals surface area contributed by atoms with Crippen LogP contribution in [0.15, 0.2) is 0 Å². The summed E-state index contributed by atoms with van der Waals surface area (Å²) in [5.41, 5.74) is 0. The molecule has 0 heterocycles. The number of phosphoric ester groups is 1. The normalized spacial score (nSPS) is 14.3. The summed E-state index contributed by atoms with van der Waals surface area (Å²) in [6.45, 7) is 4.92. The van der Waals surface area contributed by atoms with Crippen LogP contribution in [0.2, 0.25) is 0 Å². The molecule has 0 aromatic carbocycles. The van der Waals surface area contributed by atoms with Gasteiger partial charge in [-0.15, -0.1) is 0 Å². The van der Waals surface area contributed by atoms with E-state index in [9.17, 15) is 14.3 Å². The van der Waals surface area contributed by atoms with Crippen molar-refractivity contribution in [3.8, 4) is 0 Å². The molecule has 2 unspecified atom stereocenters. The van der Waals surface area contributed by atoms with Crippen LogP contribution in [0.5, 0.6) is 0 Å². The second-order valence-electron chi connectivity index (χ2n) is 10.8. The van der Waals surface area contributed by atoms with Crippen LogP contribution in [-0.4, -0.2) is 49.4 Å². The number of ketones is 1. The van der Waals surface area contributed by atoms with Crippen LogP contribution in [0, 0.1) is 5.92 Å². The summed E-state index contributed by atoms with van der Waals surface area (Å²) in [6.07, 6.45) is 24.5. The molecule has 0 saturated carbocycles. The highest BCUT2D eigenvalue weighted by molar-refractivity contribution is 7.47. The maximum atomic E-state index is 12.1. The van der Waals surface area contributed by atoms with E-state index < -0.39 is 7.82 Å². The molecule has 0 saturated heterocycles. The van der Waals surface area contributed by atoms with E-state index in [-0.39, 0.29) is 24.9 Å². The number of nitrogens with zero attached hydrogens (tertiary/aromatic N) is 1. The van der Waals surface area contributed by atoms with Gasteiger partial charge in [-0.05, 0) is 26.4 Å². The van der Waals surface area contributed by atoms with Crippen molar-refractivity contribution in [2.24, 2.45) is 5.92 Å². The van der Waals surface area contributed by atoms with Gasteiger partial charge in [0.1, 0.15) is 5.78 Å². The zero-order valence-electron chi connectivity index (χ0n) is 24.3. The molecule has 0 aliphatic heterocycles. The summed E-state index contributed by atoms with van der Waals surface area (Å²) in [4.78, 5) is 23.7. The first-order valence-electron chi connectivity index (χ1n) is 15.1. The Morgan fingerprint density at radius 2 is 1.19 bits per heavy atom. The molecule has 6 nitrogen and oxygen atoms in total. The third kappa shape index (κ3) is 25.4. The Morgan fingerprint density at radius 1 is 0.750 bits per heavy atom. The summed E-state index contributed by atoms with van der Waals surface area (Å²) in [7, 11) is -0.324. The maximum absolute atomic E-state index is 12.1. The number of likely N-dealkylation sites (N-methyl/N-ethyl adjacent to an activating group) is 1. The molecule has 0 fully saturated rings. The van der Waals surface area contributed by atoms with Gasteiger partial charge in [-0.1, -0.05) is 123 Å². The summed E-state index contributed by atoms with van der Waals surface area (Å²) in [5, 5.41) is 0. The van der Waals surface area contributed by atoms with Crippen molar-refractivity contribution in [1.82, 2.24) is 4.90 Å². The molecule has 0 aromatic heterocycles. The first kappa shape index (κ1) is 35.7. The lowest BCUT2D eigenvalue weighted by atomic mass is 9.95. The molecule has 1 N–H and O–H groups in total. The lowest BCUT2D eigenvalue weighted by Gasteiger charge is -2.19. The van der Waals surface area contributed by atoms with Crippen LogP contribution in [0.1, 0.15) is 142 Å². The van der Waals surface area contributed by atoms with Crippen molar-refractivity contribution >= 4 is 13.6 Å². The molecule has 7 heteroatoms. The summed E-state index contributed by atoms with van der Waals surface area (Å²) in [6, 6.07) is 0. The monoisotopic (exact) mass is 533 g/mol. The Balaban J connectivity index is 3.78. The Hall–Kier alpha value is -0.260. The molecular formula is C29H60NO5P. The highest BCUT2D eigenvalue weighted by Crippen LogP contribution is 2.43. The molecule has 0 radical (unpaired) electrons. The predicted octanol–water partition coefficient (Wildman–Crippen LogP) is 8.71. The number of Topliss-reactive ketones (excluding diaryl/α,β-unsaturated/α-hetero) is 1. The molecule has 0 aromatic rings. The molecule has 0 bridgehead atoms. The van der Waals surface area contributed by atoms with E-state index in [1.807, 2.05) is 25.9 Å². The SMILES string of the molecule is CCCCCCCCCCCCCCCCCCCC(COP(=O)(O)OCCN(C)C)CC(=O)CC. The van der Waals surface area contributed by atoms with Gasteiger partial charge in [-0.2, -0.15) is 0 Å². The second-order valence-corrected chi connectivity index (χ2v) is 12.3. The molecule has 0 spiro atoms. The molecule has 0 aliphatic rings. The van der Waals surface area contributed by atoms with E-state index in [1.165, 1.54) is 96.3 Å². The fourth-order valence-electron chi connectivity index (χ4n) is 4.44. The standard InChI is InChI=1S/C29H60NO5P/c1-5-7-8-9-10-11-12-13-14-15-16-17-18-19-20-21-22-23-28(26-29(31)6-2)27-35-36(32,33)34-25-24-30(3)4/h28H,5-27H2,1-4H3,(H,32,33).